The number of likely N-dealkylation sites (N-methyl/N-ethyl adjacent to an activating group) is 1. The third-order valence-electron chi connectivity index (χ3n) is 3.43. The van der Waals surface area contributed by atoms with Crippen molar-refractivity contribution in [2.75, 3.05) is 13.6 Å². The Hall–Kier alpha value is -2.66. The van der Waals surface area contributed by atoms with Crippen LogP contribution >= 0.6 is 11.3 Å². The average molecular weight is 323 g/mol. The summed E-state index contributed by atoms with van der Waals surface area (Å²) in [6.07, 6.45) is 0. The predicted molar refractivity (Wildman–Crippen MR) is 93.6 cm³/mol. The van der Waals surface area contributed by atoms with Gasteiger partial charge in [-0.15, -0.1) is 11.3 Å². The minimum atomic E-state index is -0.0979. The molecule has 1 amide bonds. The molecule has 0 spiro atoms. The van der Waals surface area contributed by atoms with Crippen LogP contribution in [0.2, 0.25) is 0 Å². The number of nitrogens with zero attached hydrogens (tertiary/aromatic N) is 2. The Morgan fingerprint density at radius 2 is 1.74 bits per heavy atom. The van der Waals surface area contributed by atoms with Gasteiger partial charge in [-0.25, -0.2) is 4.99 Å². The van der Waals surface area contributed by atoms with Crippen LogP contribution in [0.15, 0.2) is 71.0 Å². The molecule has 23 heavy (non-hydrogen) atoms. The van der Waals surface area contributed by atoms with E-state index in [4.69, 9.17) is 0 Å². The second kappa shape index (κ2) is 7.07. The normalized spacial score (nSPS) is 11.4. The van der Waals surface area contributed by atoms with Gasteiger partial charge in [0.25, 0.3) is 0 Å². The van der Waals surface area contributed by atoms with Crippen LogP contribution in [-0.2, 0) is 4.79 Å². The maximum Gasteiger partial charge on any atom is 0.241 e. The zero-order valence-electron chi connectivity index (χ0n) is 12.8. The van der Waals surface area contributed by atoms with Crippen LogP contribution in [0.5, 0.6) is 0 Å². The second-order valence-corrected chi connectivity index (χ2v) is 5.77. The summed E-state index contributed by atoms with van der Waals surface area (Å²) < 4.78 is 2.09. The topological polar surface area (TPSA) is 46.4 Å². The zero-order valence-corrected chi connectivity index (χ0v) is 13.6. The molecule has 0 bridgehead atoms. The molecule has 0 aliphatic carbocycles. The molecule has 0 unspecified atom stereocenters. The molecule has 1 heterocycles. The van der Waals surface area contributed by atoms with Crippen molar-refractivity contribution >= 4 is 17.2 Å². The Balaban J connectivity index is 2.15. The lowest BCUT2D eigenvalue weighted by Gasteiger charge is -2.09. The van der Waals surface area contributed by atoms with Crippen LogP contribution in [-0.4, -0.2) is 24.1 Å². The first-order valence-electron chi connectivity index (χ1n) is 7.32. The molecule has 0 aliphatic heterocycles. The number of aromatic nitrogens is 1. The molecule has 0 radical (unpaired) electrons. The van der Waals surface area contributed by atoms with Crippen LogP contribution in [0.3, 0.4) is 0 Å². The van der Waals surface area contributed by atoms with Gasteiger partial charge in [0.2, 0.25) is 5.91 Å². The van der Waals surface area contributed by atoms with Gasteiger partial charge in [0.05, 0.1) is 5.69 Å². The second-order valence-electron chi connectivity index (χ2n) is 4.93. The average Bonchev–Trinajstić information content (AvgIpc) is 3.05. The van der Waals surface area contributed by atoms with Crippen LogP contribution in [0.1, 0.15) is 0 Å². The first-order chi connectivity index (χ1) is 11.3. The number of nitrogens with one attached hydrogen (secondary N) is 1. The summed E-state index contributed by atoms with van der Waals surface area (Å²) in [6.45, 7) is 0.123. The molecule has 5 heteroatoms. The number of hydrogen-bond acceptors (Lipinski definition) is 3. The van der Waals surface area contributed by atoms with Crippen molar-refractivity contribution in [1.29, 1.82) is 0 Å². The molecular weight excluding hydrogens is 306 g/mol. The van der Waals surface area contributed by atoms with Crippen molar-refractivity contribution in [2.24, 2.45) is 4.99 Å². The van der Waals surface area contributed by atoms with Crippen molar-refractivity contribution in [1.82, 2.24) is 9.88 Å². The monoisotopic (exact) mass is 323 g/mol. The molecule has 1 aromatic heterocycles. The molecule has 0 atom stereocenters. The largest absolute Gasteiger partial charge is 0.358 e. The third-order valence-corrected chi connectivity index (χ3v) is 4.29. The highest BCUT2D eigenvalue weighted by Gasteiger charge is 2.09. The molecular formula is C18H17N3OS. The molecule has 3 rings (SSSR count). The van der Waals surface area contributed by atoms with Gasteiger partial charge in [0.1, 0.15) is 6.54 Å². The Morgan fingerprint density at radius 1 is 1.09 bits per heavy atom. The zero-order chi connectivity index (χ0) is 16.1. The smallest absolute Gasteiger partial charge is 0.241 e. The van der Waals surface area contributed by atoms with E-state index >= 15 is 0 Å². The first-order valence-corrected chi connectivity index (χ1v) is 8.20. The van der Waals surface area contributed by atoms with Crippen molar-refractivity contribution in [2.45, 2.75) is 0 Å². The number of rotatable bonds is 4. The number of benzene rings is 2. The van der Waals surface area contributed by atoms with Crippen LogP contribution in [0.4, 0.5) is 0 Å². The van der Waals surface area contributed by atoms with Crippen molar-refractivity contribution in [3.8, 4) is 16.9 Å². The van der Waals surface area contributed by atoms with E-state index in [1.165, 1.54) is 11.3 Å². The number of amides is 1. The van der Waals surface area contributed by atoms with Gasteiger partial charge < -0.3 is 5.32 Å². The molecule has 0 saturated heterocycles. The van der Waals surface area contributed by atoms with Gasteiger partial charge in [-0.05, 0) is 17.7 Å². The minimum Gasteiger partial charge on any atom is -0.358 e. The Bertz CT molecular complexity index is 851. The summed E-state index contributed by atoms with van der Waals surface area (Å²) in [5, 5.41) is 4.67. The lowest BCUT2D eigenvalue weighted by atomic mass is 10.1. The summed E-state index contributed by atoms with van der Waals surface area (Å²) in [5.41, 5.74) is 3.22. The van der Waals surface area contributed by atoms with Gasteiger partial charge >= 0.3 is 0 Å². The number of thiazole rings is 1. The van der Waals surface area contributed by atoms with Crippen LogP contribution in [0.25, 0.3) is 16.9 Å². The molecule has 0 saturated carbocycles. The molecule has 4 nitrogen and oxygen atoms in total. The fraction of sp³-hybridized carbons (Fsp3) is 0.111. The van der Waals surface area contributed by atoms with E-state index in [0.717, 1.165) is 21.7 Å². The summed E-state index contributed by atoms with van der Waals surface area (Å²) >= 11 is 1.53. The predicted octanol–water partition coefficient (Wildman–Crippen LogP) is 2.85. The van der Waals surface area contributed by atoms with E-state index in [9.17, 15) is 4.79 Å². The van der Waals surface area contributed by atoms with E-state index in [1.807, 2.05) is 48.5 Å². The van der Waals surface area contributed by atoms with Gasteiger partial charge in [-0.2, -0.15) is 0 Å². The van der Waals surface area contributed by atoms with E-state index in [0.29, 0.717) is 0 Å². The minimum absolute atomic E-state index is 0.0979. The molecule has 3 aromatic rings. The number of carbonyl (C=O) groups is 1. The quantitative estimate of drug-likeness (QED) is 0.788. The first kappa shape index (κ1) is 15.2. The van der Waals surface area contributed by atoms with Crippen molar-refractivity contribution in [3.63, 3.8) is 0 Å². The maximum absolute atomic E-state index is 11.5. The van der Waals surface area contributed by atoms with Gasteiger partial charge in [-0.1, -0.05) is 48.5 Å². The van der Waals surface area contributed by atoms with E-state index in [2.05, 4.69) is 32.4 Å². The highest BCUT2D eigenvalue weighted by molar-refractivity contribution is 7.07. The maximum atomic E-state index is 11.5. The number of para-hydroxylation sites is 1. The molecule has 1 N–H and O–H groups in total. The van der Waals surface area contributed by atoms with Gasteiger partial charge in [0.15, 0.2) is 4.80 Å². The summed E-state index contributed by atoms with van der Waals surface area (Å²) in [6, 6.07) is 20.2. The summed E-state index contributed by atoms with van der Waals surface area (Å²) in [4.78, 5) is 16.8. The molecule has 116 valence electrons. The van der Waals surface area contributed by atoms with Crippen LogP contribution < -0.4 is 10.1 Å². The van der Waals surface area contributed by atoms with Crippen LogP contribution in [0, 0.1) is 0 Å². The fourth-order valence-corrected chi connectivity index (χ4v) is 3.18. The number of carbonyl (C=O) groups excluding carboxylic acids is 1. The number of hydrogen-bond donors (Lipinski definition) is 1. The third kappa shape index (κ3) is 3.40. The molecule has 2 aromatic carbocycles. The summed E-state index contributed by atoms with van der Waals surface area (Å²) in [5.74, 6) is -0.0979. The molecule has 0 aliphatic rings. The fourth-order valence-electron chi connectivity index (χ4n) is 2.28. The van der Waals surface area contributed by atoms with Crippen molar-refractivity contribution < 1.29 is 4.79 Å². The van der Waals surface area contributed by atoms with E-state index in [-0.39, 0.29) is 12.5 Å². The highest BCUT2D eigenvalue weighted by atomic mass is 32.1. The van der Waals surface area contributed by atoms with E-state index in [1.54, 1.807) is 7.05 Å². The summed E-state index contributed by atoms with van der Waals surface area (Å²) in [7, 11) is 1.62. The Kier molecular flexibility index (Phi) is 4.68. The van der Waals surface area contributed by atoms with Gasteiger partial charge in [-0.3, -0.25) is 9.36 Å². The van der Waals surface area contributed by atoms with E-state index < -0.39 is 0 Å². The lowest BCUT2D eigenvalue weighted by molar-refractivity contribution is -0.119. The Labute approximate surface area is 138 Å². The SMILES string of the molecule is CNC(=O)CN=c1scc(-c2ccccc2)n1-c1ccccc1. The molecule has 0 fully saturated rings. The Morgan fingerprint density at radius 3 is 2.39 bits per heavy atom. The highest BCUT2D eigenvalue weighted by Crippen LogP contribution is 2.22. The standard InChI is InChI=1S/C18H17N3OS/c1-19-17(22)12-20-18-21(15-10-6-3-7-11-15)16(13-23-18)14-8-4-2-5-9-14/h2-11,13H,12H2,1H3,(H,19,22). The lowest BCUT2D eigenvalue weighted by Crippen LogP contribution is -2.23. The van der Waals surface area contributed by atoms with Gasteiger partial charge in [0, 0.05) is 18.1 Å². The van der Waals surface area contributed by atoms with Crippen molar-refractivity contribution in [3.05, 3.63) is 70.8 Å².